The number of carboxylic acid groups (broad SMARTS) is 1. The molecule has 6 nitrogen and oxygen atoms in total. The summed E-state index contributed by atoms with van der Waals surface area (Å²) in [5.74, 6) is -0.804. The summed E-state index contributed by atoms with van der Waals surface area (Å²) >= 11 is 0. The molecule has 6 heteroatoms. The average molecular weight is 281 g/mol. The molecule has 1 aromatic heterocycles. The molecule has 0 aliphatic carbocycles. The van der Waals surface area contributed by atoms with Crippen molar-refractivity contribution in [2.24, 2.45) is 0 Å². The van der Waals surface area contributed by atoms with Gasteiger partial charge in [0.15, 0.2) is 0 Å². The van der Waals surface area contributed by atoms with Gasteiger partial charge in [0.1, 0.15) is 5.69 Å². The molecule has 0 aliphatic rings. The highest BCUT2D eigenvalue weighted by atomic mass is 16.4. The maximum atomic E-state index is 12.5. The van der Waals surface area contributed by atoms with Gasteiger partial charge in [-0.1, -0.05) is 13.8 Å². The summed E-state index contributed by atoms with van der Waals surface area (Å²) in [5.41, 5.74) is 1.41. The molecule has 112 valence electrons. The van der Waals surface area contributed by atoms with Crippen molar-refractivity contribution in [1.82, 2.24) is 14.7 Å². The lowest BCUT2D eigenvalue weighted by atomic mass is 10.1. The molecule has 0 fully saturated rings. The second kappa shape index (κ2) is 7.07. The van der Waals surface area contributed by atoms with E-state index in [1.54, 1.807) is 15.6 Å². The van der Waals surface area contributed by atoms with Gasteiger partial charge in [0.05, 0.1) is 12.1 Å². The Hall–Kier alpha value is -1.85. The van der Waals surface area contributed by atoms with Crippen LogP contribution in [0.4, 0.5) is 0 Å². The summed E-state index contributed by atoms with van der Waals surface area (Å²) in [5, 5.41) is 13.1. The predicted octanol–water partition coefficient (Wildman–Crippen LogP) is 1.96. The minimum absolute atomic E-state index is 0.0448. The number of aryl methyl sites for hydroxylation is 1. The SMILES string of the molecule is CCN(CCC(=O)O)C(=O)c1cc(C(C)C)nn1CC. The van der Waals surface area contributed by atoms with Crippen LogP contribution in [0.3, 0.4) is 0 Å². The topological polar surface area (TPSA) is 75.4 Å². The molecular weight excluding hydrogens is 258 g/mol. The standard InChI is InChI=1S/C14H23N3O3/c1-5-16(8-7-13(18)19)14(20)12-9-11(10(3)4)15-17(12)6-2/h9-10H,5-8H2,1-4H3,(H,18,19). The molecule has 1 rings (SSSR count). The molecule has 20 heavy (non-hydrogen) atoms. The van der Waals surface area contributed by atoms with Crippen LogP contribution in [0.2, 0.25) is 0 Å². The third-order valence-corrected chi connectivity index (χ3v) is 3.17. The zero-order valence-corrected chi connectivity index (χ0v) is 12.6. The van der Waals surface area contributed by atoms with Crippen LogP contribution in [0.5, 0.6) is 0 Å². The first kappa shape index (κ1) is 16.2. The molecule has 0 saturated carbocycles. The lowest BCUT2D eigenvalue weighted by Crippen LogP contribution is -2.34. The number of carbonyl (C=O) groups is 2. The number of rotatable bonds is 7. The number of aliphatic carboxylic acids is 1. The van der Waals surface area contributed by atoms with Gasteiger partial charge >= 0.3 is 5.97 Å². The minimum Gasteiger partial charge on any atom is -0.481 e. The zero-order chi connectivity index (χ0) is 15.3. The van der Waals surface area contributed by atoms with Crippen molar-refractivity contribution < 1.29 is 14.7 Å². The molecule has 1 heterocycles. The van der Waals surface area contributed by atoms with Gasteiger partial charge in [0.2, 0.25) is 0 Å². The lowest BCUT2D eigenvalue weighted by molar-refractivity contribution is -0.137. The Labute approximate surface area is 119 Å². The molecule has 0 spiro atoms. The van der Waals surface area contributed by atoms with Gasteiger partial charge in [-0.2, -0.15) is 5.10 Å². The number of carbonyl (C=O) groups excluding carboxylic acids is 1. The number of carboxylic acids is 1. The van der Waals surface area contributed by atoms with E-state index in [2.05, 4.69) is 5.10 Å². The van der Waals surface area contributed by atoms with E-state index in [9.17, 15) is 9.59 Å². The van der Waals surface area contributed by atoms with Gasteiger partial charge in [-0.05, 0) is 25.8 Å². The van der Waals surface area contributed by atoms with Gasteiger partial charge in [-0.25, -0.2) is 0 Å². The van der Waals surface area contributed by atoms with E-state index in [0.29, 0.717) is 18.8 Å². The van der Waals surface area contributed by atoms with Gasteiger partial charge in [-0.3, -0.25) is 14.3 Å². The predicted molar refractivity (Wildman–Crippen MR) is 75.8 cm³/mol. The quantitative estimate of drug-likeness (QED) is 0.829. The van der Waals surface area contributed by atoms with Crippen molar-refractivity contribution >= 4 is 11.9 Å². The highest BCUT2D eigenvalue weighted by molar-refractivity contribution is 5.93. The van der Waals surface area contributed by atoms with E-state index in [-0.39, 0.29) is 24.8 Å². The molecule has 0 bridgehead atoms. The molecule has 1 aromatic rings. The normalized spacial score (nSPS) is 10.8. The maximum absolute atomic E-state index is 12.5. The van der Waals surface area contributed by atoms with E-state index in [1.165, 1.54) is 0 Å². The van der Waals surface area contributed by atoms with Crippen LogP contribution in [0.1, 0.15) is 56.2 Å². The first-order valence-corrected chi connectivity index (χ1v) is 6.99. The molecule has 1 amide bonds. The number of amides is 1. The summed E-state index contributed by atoms with van der Waals surface area (Å²) in [6.07, 6.45) is -0.0448. The van der Waals surface area contributed by atoms with Crippen LogP contribution >= 0.6 is 0 Å². The highest BCUT2D eigenvalue weighted by Gasteiger charge is 2.21. The molecule has 0 saturated heterocycles. The molecule has 1 N–H and O–H groups in total. The van der Waals surface area contributed by atoms with Crippen LogP contribution in [0.25, 0.3) is 0 Å². The van der Waals surface area contributed by atoms with Crippen molar-refractivity contribution in [2.75, 3.05) is 13.1 Å². The second-order valence-electron chi connectivity index (χ2n) is 4.95. The van der Waals surface area contributed by atoms with E-state index < -0.39 is 5.97 Å². The van der Waals surface area contributed by atoms with E-state index in [0.717, 1.165) is 5.69 Å². The summed E-state index contributed by atoms with van der Waals surface area (Å²) in [6, 6.07) is 1.81. The van der Waals surface area contributed by atoms with Gasteiger partial charge in [-0.15, -0.1) is 0 Å². The van der Waals surface area contributed by atoms with Gasteiger partial charge in [0.25, 0.3) is 5.91 Å². The fourth-order valence-electron chi connectivity index (χ4n) is 1.93. The van der Waals surface area contributed by atoms with Crippen LogP contribution in [-0.2, 0) is 11.3 Å². The number of nitrogens with zero attached hydrogens (tertiary/aromatic N) is 3. The lowest BCUT2D eigenvalue weighted by Gasteiger charge is -2.20. The Balaban J connectivity index is 2.96. The molecule has 0 radical (unpaired) electrons. The van der Waals surface area contributed by atoms with Crippen LogP contribution in [-0.4, -0.2) is 44.8 Å². The van der Waals surface area contributed by atoms with E-state index in [4.69, 9.17) is 5.11 Å². The first-order chi connectivity index (χ1) is 9.40. The fraction of sp³-hybridized carbons (Fsp3) is 0.643. The Morgan fingerprint density at radius 1 is 1.40 bits per heavy atom. The van der Waals surface area contributed by atoms with Crippen LogP contribution in [0, 0.1) is 0 Å². The largest absolute Gasteiger partial charge is 0.481 e. The minimum atomic E-state index is -0.900. The van der Waals surface area contributed by atoms with Crippen molar-refractivity contribution in [2.45, 2.75) is 46.6 Å². The zero-order valence-electron chi connectivity index (χ0n) is 12.6. The number of hydrogen-bond acceptors (Lipinski definition) is 3. The van der Waals surface area contributed by atoms with Gasteiger partial charge in [0, 0.05) is 19.6 Å². The highest BCUT2D eigenvalue weighted by Crippen LogP contribution is 2.16. The maximum Gasteiger partial charge on any atom is 0.305 e. The first-order valence-electron chi connectivity index (χ1n) is 6.99. The molecule has 0 unspecified atom stereocenters. The van der Waals surface area contributed by atoms with Crippen molar-refractivity contribution in [1.29, 1.82) is 0 Å². The number of aromatic nitrogens is 2. The molecule has 0 atom stereocenters. The molecule has 0 aliphatic heterocycles. The Morgan fingerprint density at radius 2 is 2.05 bits per heavy atom. The van der Waals surface area contributed by atoms with Crippen molar-refractivity contribution in [3.8, 4) is 0 Å². The van der Waals surface area contributed by atoms with Gasteiger partial charge < -0.3 is 10.0 Å². The third-order valence-electron chi connectivity index (χ3n) is 3.17. The Morgan fingerprint density at radius 3 is 2.50 bits per heavy atom. The van der Waals surface area contributed by atoms with Crippen LogP contribution in [0.15, 0.2) is 6.07 Å². The summed E-state index contributed by atoms with van der Waals surface area (Å²) in [6.45, 7) is 9.15. The fourth-order valence-corrected chi connectivity index (χ4v) is 1.93. The Kier molecular flexibility index (Phi) is 5.73. The molecule has 0 aromatic carbocycles. The van der Waals surface area contributed by atoms with E-state index in [1.807, 2.05) is 27.7 Å². The monoisotopic (exact) mass is 281 g/mol. The number of hydrogen-bond donors (Lipinski definition) is 1. The third kappa shape index (κ3) is 3.82. The summed E-state index contributed by atoms with van der Waals surface area (Å²) < 4.78 is 1.68. The van der Waals surface area contributed by atoms with Crippen LogP contribution < -0.4 is 0 Å². The molecular formula is C14H23N3O3. The Bertz CT molecular complexity index is 480. The van der Waals surface area contributed by atoms with E-state index >= 15 is 0 Å². The smallest absolute Gasteiger partial charge is 0.305 e. The average Bonchev–Trinajstić information content (AvgIpc) is 2.83. The van der Waals surface area contributed by atoms with Crippen molar-refractivity contribution in [3.05, 3.63) is 17.5 Å². The second-order valence-corrected chi connectivity index (χ2v) is 4.95. The van der Waals surface area contributed by atoms with Crippen molar-refractivity contribution in [3.63, 3.8) is 0 Å². The summed E-state index contributed by atoms with van der Waals surface area (Å²) in [4.78, 5) is 24.7. The summed E-state index contributed by atoms with van der Waals surface area (Å²) in [7, 11) is 0.